The predicted molar refractivity (Wildman–Crippen MR) is 141 cm³/mol. The summed E-state index contributed by atoms with van der Waals surface area (Å²) in [6.45, 7) is 15.5. The van der Waals surface area contributed by atoms with Gasteiger partial charge in [-0.25, -0.2) is 4.79 Å². The van der Waals surface area contributed by atoms with Gasteiger partial charge in [-0.2, -0.15) is 0 Å². The fraction of sp³-hybridized carbons (Fsp3) is 0.607. The fourth-order valence-electron chi connectivity index (χ4n) is 4.12. The number of benzene rings is 1. The number of carbonyl (C=O) groups is 3. The second-order valence-electron chi connectivity index (χ2n) is 11.1. The molecule has 0 saturated carbocycles. The Balaban J connectivity index is 3.23. The fourth-order valence-corrected chi connectivity index (χ4v) is 4.12. The Labute approximate surface area is 211 Å². The average molecular weight is 488 g/mol. The first kappa shape index (κ1) is 30.4. The minimum absolute atomic E-state index is 0.0527. The first-order valence-corrected chi connectivity index (χ1v) is 12.2. The minimum Gasteiger partial charge on any atom is -0.466 e. The highest BCUT2D eigenvalue weighted by Crippen LogP contribution is 2.28. The molecule has 1 aromatic carbocycles. The quantitative estimate of drug-likeness (QED) is 0.388. The van der Waals surface area contributed by atoms with Gasteiger partial charge in [-0.3, -0.25) is 9.59 Å². The van der Waals surface area contributed by atoms with Crippen molar-refractivity contribution < 1.29 is 19.1 Å². The first-order valence-electron chi connectivity index (χ1n) is 12.2. The molecule has 0 unspecified atom stereocenters. The van der Waals surface area contributed by atoms with Gasteiger partial charge in [-0.1, -0.05) is 84.9 Å². The van der Waals surface area contributed by atoms with E-state index in [4.69, 9.17) is 4.74 Å². The van der Waals surface area contributed by atoms with Crippen molar-refractivity contribution in [1.29, 1.82) is 0 Å². The predicted octanol–water partition coefficient (Wildman–Crippen LogP) is 3.69. The molecule has 0 aromatic heterocycles. The van der Waals surface area contributed by atoms with Crippen LogP contribution in [0.1, 0.15) is 61.0 Å². The lowest BCUT2D eigenvalue weighted by molar-refractivity contribution is -0.140. The molecule has 0 fully saturated rings. The number of amides is 2. The second-order valence-corrected chi connectivity index (χ2v) is 11.1. The van der Waals surface area contributed by atoms with Crippen LogP contribution in [-0.2, 0) is 24.5 Å². The smallest absolute Gasteiger partial charge is 0.333 e. The molecule has 3 atom stereocenters. The second kappa shape index (κ2) is 12.3. The zero-order chi connectivity index (χ0) is 27.1. The molecule has 0 aliphatic carbocycles. The maximum atomic E-state index is 13.6. The number of likely N-dealkylation sites (N-methyl/N-ethyl adjacent to an activating group) is 2. The van der Waals surface area contributed by atoms with Crippen LogP contribution in [0, 0.1) is 11.3 Å². The number of carbonyl (C=O) groups excluding carboxylic acids is 3. The Bertz CT molecular complexity index is 901. The van der Waals surface area contributed by atoms with Crippen LogP contribution in [0.5, 0.6) is 0 Å². The van der Waals surface area contributed by atoms with Gasteiger partial charge in [0.1, 0.15) is 6.04 Å². The molecule has 35 heavy (non-hydrogen) atoms. The van der Waals surface area contributed by atoms with E-state index >= 15 is 0 Å². The van der Waals surface area contributed by atoms with E-state index < -0.39 is 28.9 Å². The molecule has 0 heterocycles. The average Bonchev–Trinajstić information content (AvgIpc) is 2.79. The van der Waals surface area contributed by atoms with Gasteiger partial charge in [0.05, 0.1) is 13.2 Å². The number of nitrogens with zero attached hydrogens (tertiary/aromatic N) is 1. The van der Waals surface area contributed by atoms with Crippen LogP contribution in [0.3, 0.4) is 0 Å². The lowest BCUT2D eigenvalue weighted by atomic mass is 9.76. The van der Waals surface area contributed by atoms with Crippen molar-refractivity contribution in [2.24, 2.45) is 11.3 Å². The van der Waals surface area contributed by atoms with Crippen molar-refractivity contribution in [2.75, 3.05) is 21.2 Å². The van der Waals surface area contributed by atoms with Gasteiger partial charge in [0, 0.05) is 24.1 Å². The molecule has 196 valence electrons. The molecule has 0 saturated heterocycles. The van der Waals surface area contributed by atoms with E-state index in [1.165, 1.54) is 7.11 Å². The Morgan fingerprint density at radius 2 is 1.51 bits per heavy atom. The van der Waals surface area contributed by atoms with Crippen molar-refractivity contribution >= 4 is 17.8 Å². The molecule has 7 heteroatoms. The number of hydrogen-bond acceptors (Lipinski definition) is 5. The van der Waals surface area contributed by atoms with Crippen LogP contribution >= 0.6 is 0 Å². The SMILES string of the molecule is CN[C@@H](C(=O)N[C@H](C(=O)N(C)[C@@H](C)/C=C(/C(=O)OC)C(C)C)C(C)(C)C)C(C)(C)c1ccccc1. The van der Waals surface area contributed by atoms with Gasteiger partial charge >= 0.3 is 5.97 Å². The summed E-state index contributed by atoms with van der Waals surface area (Å²) in [5, 5.41) is 6.17. The number of methoxy groups -OCH3 is 1. The summed E-state index contributed by atoms with van der Waals surface area (Å²) in [7, 11) is 4.79. The van der Waals surface area contributed by atoms with E-state index in [-0.39, 0.29) is 23.8 Å². The van der Waals surface area contributed by atoms with Crippen molar-refractivity contribution in [3.05, 3.63) is 47.5 Å². The van der Waals surface area contributed by atoms with Crippen LogP contribution < -0.4 is 10.6 Å². The Morgan fingerprint density at radius 3 is 1.94 bits per heavy atom. The highest BCUT2D eigenvalue weighted by molar-refractivity contribution is 5.92. The van der Waals surface area contributed by atoms with Crippen LogP contribution in [0.2, 0.25) is 0 Å². The summed E-state index contributed by atoms with van der Waals surface area (Å²) in [6, 6.07) is 8.15. The largest absolute Gasteiger partial charge is 0.466 e. The third-order valence-corrected chi connectivity index (χ3v) is 6.61. The van der Waals surface area contributed by atoms with Gasteiger partial charge in [0.25, 0.3) is 0 Å². The molecule has 0 bridgehead atoms. The minimum atomic E-state index is -0.765. The van der Waals surface area contributed by atoms with E-state index in [1.54, 1.807) is 25.1 Å². The summed E-state index contributed by atoms with van der Waals surface area (Å²) in [4.78, 5) is 40.9. The third kappa shape index (κ3) is 7.66. The molecule has 0 radical (unpaired) electrons. The summed E-state index contributed by atoms with van der Waals surface area (Å²) < 4.78 is 4.90. The van der Waals surface area contributed by atoms with Crippen LogP contribution in [0.4, 0.5) is 0 Å². The Morgan fingerprint density at radius 1 is 0.971 bits per heavy atom. The number of esters is 1. The van der Waals surface area contributed by atoms with Crippen LogP contribution in [0.25, 0.3) is 0 Å². The molecule has 0 aliphatic heterocycles. The summed E-state index contributed by atoms with van der Waals surface area (Å²) in [5.41, 5.74) is 0.479. The van der Waals surface area contributed by atoms with E-state index in [2.05, 4.69) is 10.6 Å². The highest BCUT2D eigenvalue weighted by Gasteiger charge is 2.41. The number of ether oxygens (including phenoxy) is 1. The zero-order valence-corrected chi connectivity index (χ0v) is 23.4. The van der Waals surface area contributed by atoms with Gasteiger partial charge in [-0.05, 0) is 30.9 Å². The highest BCUT2D eigenvalue weighted by atomic mass is 16.5. The normalized spacial score (nSPS) is 15.3. The molecule has 7 nitrogen and oxygen atoms in total. The molecule has 1 rings (SSSR count). The van der Waals surface area contributed by atoms with E-state index in [0.29, 0.717) is 5.57 Å². The molecule has 1 aromatic rings. The van der Waals surface area contributed by atoms with E-state index in [0.717, 1.165) is 5.56 Å². The lowest BCUT2D eigenvalue weighted by Crippen LogP contribution is -2.61. The molecule has 0 spiro atoms. The van der Waals surface area contributed by atoms with Crippen molar-refractivity contribution in [3.63, 3.8) is 0 Å². The van der Waals surface area contributed by atoms with Crippen molar-refractivity contribution in [3.8, 4) is 0 Å². The van der Waals surface area contributed by atoms with Gasteiger partial charge < -0.3 is 20.3 Å². The Kier molecular flexibility index (Phi) is 10.7. The summed E-state index contributed by atoms with van der Waals surface area (Å²) in [6.07, 6.45) is 1.75. The first-order chi connectivity index (χ1) is 16.1. The van der Waals surface area contributed by atoms with Crippen molar-refractivity contribution in [2.45, 2.75) is 78.9 Å². The monoisotopic (exact) mass is 487 g/mol. The molecular weight excluding hydrogens is 442 g/mol. The lowest BCUT2D eigenvalue weighted by Gasteiger charge is -2.39. The van der Waals surface area contributed by atoms with Crippen LogP contribution in [0.15, 0.2) is 42.0 Å². The maximum Gasteiger partial charge on any atom is 0.333 e. The third-order valence-electron chi connectivity index (χ3n) is 6.61. The molecule has 0 aliphatic rings. The number of hydrogen-bond donors (Lipinski definition) is 2. The van der Waals surface area contributed by atoms with E-state index in [9.17, 15) is 14.4 Å². The zero-order valence-electron chi connectivity index (χ0n) is 23.4. The van der Waals surface area contributed by atoms with Gasteiger partial charge in [0.15, 0.2) is 0 Å². The topological polar surface area (TPSA) is 87.7 Å². The Hall–Kier alpha value is -2.67. The van der Waals surface area contributed by atoms with E-state index in [1.807, 2.05) is 85.7 Å². The molecular formula is C28H45N3O4. The summed E-state index contributed by atoms with van der Waals surface area (Å²) >= 11 is 0. The number of rotatable bonds is 10. The number of nitrogens with one attached hydrogen (secondary N) is 2. The van der Waals surface area contributed by atoms with Gasteiger partial charge in [-0.15, -0.1) is 0 Å². The maximum absolute atomic E-state index is 13.6. The molecule has 2 N–H and O–H groups in total. The molecule has 2 amide bonds. The summed E-state index contributed by atoms with van der Waals surface area (Å²) in [5.74, 6) is -0.935. The standard InChI is InChI=1S/C28H45N3O4/c1-18(2)21(26(34)35-11)17-19(3)31(10)25(33)23(27(4,5)6)30-24(32)22(29-9)28(7,8)20-15-13-12-14-16-20/h12-19,22-23,29H,1-11H3,(H,30,32)/b21-17+/t19-,22-,23+/m0/s1. The van der Waals surface area contributed by atoms with Crippen molar-refractivity contribution in [1.82, 2.24) is 15.5 Å². The van der Waals surface area contributed by atoms with Gasteiger partial charge in [0.2, 0.25) is 11.8 Å². The van der Waals surface area contributed by atoms with Crippen LogP contribution in [-0.4, -0.2) is 62.0 Å².